The SMILES string of the molecule is Cc1cc(O[C@@H](C)C(=O)Nc2nc3ccc(S(C)(=O)=O)cc3s2)cc(C)c1Cl. The number of benzene rings is 2. The summed E-state index contributed by atoms with van der Waals surface area (Å²) < 4.78 is 29.8. The lowest BCUT2D eigenvalue weighted by atomic mass is 10.1. The van der Waals surface area contributed by atoms with Crippen molar-refractivity contribution < 1.29 is 17.9 Å². The molecule has 0 fully saturated rings. The summed E-state index contributed by atoms with van der Waals surface area (Å²) in [6.07, 6.45) is 0.399. The lowest BCUT2D eigenvalue weighted by Gasteiger charge is -2.15. The fourth-order valence-electron chi connectivity index (χ4n) is 2.63. The van der Waals surface area contributed by atoms with E-state index in [-0.39, 0.29) is 10.8 Å². The van der Waals surface area contributed by atoms with Crippen molar-refractivity contribution in [2.24, 2.45) is 0 Å². The maximum atomic E-state index is 12.5. The van der Waals surface area contributed by atoms with Gasteiger partial charge in [-0.3, -0.25) is 10.1 Å². The van der Waals surface area contributed by atoms with Gasteiger partial charge in [-0.1, -0.05) is 22.9 Å². The second-order valence-corrected chi connectivity index (χ2v) is 9.97. The zero-order chi connectivity index (χ0) is 20.6. The first-order valence-corrected chi connectivity index (χ1v) is 11.5. The number of aryl methyl sites for hydroxylation is 2. The Balaban J connectivity index is 1.75. The van der Waals surface area contributed by atoms with Crippen LogP contribution in [-0.2, 0) is 14.6 Å². The number of rotatable bonds is 5. The van der Waals surface area contributed by atoms with Crippen LogP contribution in [-0.4, -0.2) is 31.7 Å². The fourth-order valence-corrected chi connectivity index (χ4v) is 4.37. The van der Waals surface area contributed by atoms with E-state index in [2.05, 4.69) is 10.3 Å². The second kappa shape index (κ2) is 7.69. The van der Waals surface area contributed by atoms with Crippen molar-refractivity contribution in [3.63, 3.8) is 0 Å². The van der Waals surface area contributed by atoms with Gasteiger partial charge in [-0.2, -0.15) is 0 Å². The highest BCUT2D eigenvalue weighted by Gasteiger charge is 2.18. The Labute approximate surface area is 172 Å². The Morgan fingerprint density at radius 3 is 2.46 bits per heavy atom. The van der Waals surface area contributed by atoms with E-state index in [0.29, 0.717) is 26.1 Å². The van der Waals surface area contributed by atoms with Gasteiger partial charge in [-0.25, -0.2) is 13.4 Å². The van der Waals surface area contributed by atoms with E-state index in [0.717, 1.165) is 17.4 Å². The van der Waals surface area contributed by atoms with Crippen molar-refractivity contribution in [3.8, 4) is 5.75 Å². The quantitative estimate of drug-likeness (QED) is 0.639. The maximum Gasteiger partial charge on any atom is 0.266 e. The lowest BCUT2D eigenvalue weighted by Crippen LogP contribution is -2.30. The summed E-state index contributed by atoms with van der Waals surface area (Å²) in [6.45, 7) is 5.39. The molecule has 0 aliphatic rings. The Hall–Kier alpha value is -2.16. The third-order valence-corrected chi connectivity index (χ3v) is 6.75. The van der Waals surface area contributed by atoms with Crippen LogP contribution in [0, 0.1) is 13.8 Å². The summed E-state index contributed by atoms with van der Waals surface area (Å²) in [7, 11) is -3.30. The van der Waals surface area contributed by atoms with E-state index in [1.807, 2.05) is 13.8 Å². The van der Waals surface area contributed by atoms with Gasteiger partial charge in [0.25, 0.3) is 5.91 Å². The molecule has 0 unspecified atom stereocenters. The average Bonchev–Trinajstić information content (AvgIpc) is 3.00. The number of amides is 1. The van der Waals surface area contributed by atoms with Crippen LogP contribution in [0.1, 0.15) is 18.1 Å². The number of halogens is 1. The van der Waals surface area contributed by atoms with Crippen molar-refractivity contribution in [2.45, 2.75) is 31.8 Å². The van der Waals surface area contributed by atoms with Crippen molar-refractivity contribution >= 4 is 54.0 Å². The Bertz CT molecular complexity index is 1150. The molecule has 0 bridgehead atoms. The van der Waals surface area contributed by atoms with Crippen LogP contribution in [0.2, 0.25) is 5.02 Å². The minimum Gasteiger partial charge on any atom is -0.481 e. The number of fused-ring (bicyclic) bond motifs is 1. The van der Waals surface area contributed by atoms with E-state index >= 15 is 0 Å². The summed E-state index contributed by atoms with van der Waals surface area (Å²) in [5, 5.41) is 3.77. The van der Waals surface area contributed by atoms with Gasteiger partial charge in [0, 0.05) is 11.3 Å². The monoisotopic (exact) mass is 438 g/mol. The Kier molecular flexibility index (Phi) is 5.65. The van der Waals surface area contributed by atoms with E-state index in [4.69, 9.17) is 16.3 Å². The van der Waals surface area contributed by atoms with Crippen LogP contribution in [0.3, 0.4) is 0 Å². The van der Waals surface area contributed by atoms with Crippen LogP contribution >= 0.6 is 22.9 Å². The van der Waals surface area contributed by atoms with E-state index in [9.17, 15) is 13.2 Å². The summed E-state index contributed by atoms with van der Waals surface area (Å²) in [5.41, 5.74) is 2.36. The average molecular weight is 439 g/mol. The number of hydrogen-bond donors (Lipinski definition) is 1. The molecule has 3 rings (SSSR count). The minimum absolute atomic E-state index is 0.215. The summed E-state index contributed by atoms with van der Waals surface area (Å²) >= 11 is 7.36. The number of aromatic nitrogens is 1. The number of nitrogens with one attached hydrogen (secondary N) is 1. The first kappa shape index (κ1) is 20.6. The predicted octanol–water partition coefficient (Wildman–Crippen LogP) is 4.38. The first-order valence-electron chi connectivity index (χ1n) is 8.39. The molecule has 1 heterocycles. The molecular weight excluding hydrogens is 420 g/mol. The molecule has 9 heteroatoms. The van der Waals surface area contributed by atoms with E-state index in [1.165, 1.54) is 17.4 Å². The second-order valence-electron chi connectivity index (χ2n) is 6.54. The Morgan fingerprint density at radius 2 is 1.86 bits per heavy atom. The largest absolute Gasteiger partial charge is 0.481 e. The number of thiazole rings is 1. The van der Waals surface area contributed by atoms with Gasteiger partial charge in [0.05, 0.1) is 15.1 Å². The molecule has 148 valence electrons. The van der Waals surface area contributed by atoms with E-state index < -0.39 is 15.9 Å². The molecule has 0 aliphatic carbocycles. The van der Waals surface area contributed by atoms with Crippen LogP contribution < -0.4 is 10.1 Å². The molecule has 0 aliphatic heterocycles. The Morgan fingerprint density at radius 1 is 1.21 bits per heavy atom. The lowest BCUT2D eigenvalue weighted by molar-refractivity contribution is -0.122. The van der Waals surface area contributed by atoms with Gasteiger partial charge in [-0.15, -0.1) is 0 Å². The zero-order valence-corrected chi connectivity index (χ0v) is 18.1. The van der Waals surface area contributed by atoms with Crippen molar-refractivity contribution in [1.29, 1.82) is 0 Å². The van der Waals surface area contributed by atoms with Gasteiger partial charge in [0.15, 0.2) is 21.1 Å². The number of nitrogens with zero attached hydrogens (tertiary/aromatic N) is 1. The third-order valence-electron chi connectivity index (χ3n) is 4.11. The summed E-state index contributed by atoms with van der Waals surface area (Å²) in [6, 6.07) is 8.24. The van der Waals surface area contributed by atoms with Crippen LogP contribution in [0.15, 0.2) is 35.2 Å². The molecule has 1 atom stereocenters. The highest BCUT2D eigenvalue weighted by atomic mass is 35.5. The fraction of sp³-hybridized carbons (Fsp3) is 0.263. The third kappa shape index (κ3) is 4.45. The number of anilines is 1. The summed E-state index contributed by atoms with van der Waals surface area (Å²) in [4.78, 5) is 17.0. The molecule has 0 radical (unpaired) electrons. The topological polar surface area (TPSA) is 85.4 Å². The normalized spacial score (nSPS) is 12.8. The van der Waals surface area contributed by atoms with Gasteiger partial charge < -0.3 is 4.74 Å². The molecule has 28 heavy (non-hydrogen) atoms. The predicted molar refractivity (Wildman–Crippen MR) is 112 cm³/mol. The molecule has 1 aromatic heterocycles. The zero-order valence-electron chi connectivity index (χ0n) is 15.7. The number of ether oxygens (including phenoxy) is 1. The van der Waals surface area contributed by atoms with Crippen molar-refractivity contribution in [2.75, 3.05) is 11.6 Å². The van der Waals surface area contributed by atoms with Crippen LogP contribution in [0.25, 0.3) is 10.2 Å². The standard InChI is InChI=1S/C19H19ClN2O4S2/c1-10-7-13(8-11(2)17(10)20)26-12(3)18(23)22-19-21-15-6-5-14(28(4,24)25)9-16(15)27-19/h5-9,12H,1-4H3,(H,21,22,23)/t12-/m0/s1. The molecule has 0 spiro atoms. The molecule has 6 nitrogen and oxygen atoms in total. The van der Waals surface area contributed by atoms with E-state index in [1.54, 1.807) is 31.2 Å². The molecule has 0 saturated heterocycles. The first-order chi connectivity index (χ1) is 13.0. The highest BCUT2D eigenvalue weighted by molar-refractivity contribution is 7.90. The van der Waals surface area contributed by atoms with Crippen LogP contribution in [0.4, 0.5) is 5.13 Å². The molecule has 0 saturated carbocycles. The van der Waals surface area contributed by atoms with Crippen LogP contribution in [0.5, 0.6) is 5.75 Å². The van der Waals surface area contributed by atoms with Crippen molar-refractivity contribution in [1.82, 2.24) is 4.98 Å². The smallest absolute Gasteiger partial charge is 0.266 e. The van der Waals surface area contributed by atoms with Gasteiger partial charge in [0.2, 0.25) is 0 Å². The molecule has 2 aromatic carbocycles. The summed E-state index contributed by atoms with van der Waals surface area (Å²) in [5.74, 6) is 0.205. The van der Waals surface area contributed by atoms with Gasteiger partial charge >= 0.3 is 0 Å². The number of carbonyl (C=O) groups excluding carboxylic acids is 1. The minimum atomic E-state index is -3.30. The van der Waals surface area contributed by atoms with Gasteiger partial charge in [-0.05, 0) is 62.2 Å². The molecular formula is C19H19ClN2O4S2. The number of sulfone groups is 1. The number of carbonyl (C=O) groups is 1. The van der Waals surface area contributed by atoms with Gasteiger partial charge in [0.1, 0.15) is 5.75 Å². The number of hydrogen-bond acceptors (Lipinski definition) is 6. The molecule has 3 aromatic rings. The maximum absolute atomic E-state index is 12.5. The van der Waals surface area contributed by atoms with Crippen molar-refractivity contribution in [3.05, 3.63) is 46.5 Å². The molecule has 1 amide bonds. The highest BCUT2D eigenvalue weighted by Crippen LogP contribution is 2.29. The molecule has 1 N–H and O–H groups in total.